The van der Waals surface area contributed by atoms with E-state index < -0.39 is 23.8 Å². The standard InChI is InChI=1S/C19H24N4O3/c24-17-16(13-20-9-12-22-10-5-2-6-11-22)18(25)23(19(26)21-17)14-15-7-3-1-4-8-15/h1,3-4,7-8,13,16H,2,5-6,9-12,14H2,(H,21,24,26)/p+1/t16-/m0/s1. The molecule has 2 N–H and O–H groups in total. The number of quaternary nitrogens is 1. The molecule has 2 fully saturated rings. The number of carbonyl (C=O) groups excluding carboxylic acids is 3. The van der Waals surface area contributed by atoms with Crippen molar-refractivity contribution in [2.45, 2.75) is 25.8 Å². The molecule has 1 aromatic carbocycles. The van der Waals surface area contributed by atoms with Crippen LogP contribution < -0.4 is 10.2 Å². The second kappa shape index (κ2) is 8.71. The molecule has 4 amide bonds. The topological polar surface area (TPSA) is 83.3 Å². The van der Waals surface area contributed by atoms with Gasteiger partial charge in [0.1, 0.15) is 0 Å². The Kier molecular flexibility index (Phi) is 6.12. The summed E-state index contributed by atoms with van der Waals surface area (Å²) in [5, 5.41) is 2.25. The van der Waals surface area contributed by atoms with Crippen LogP contribution >= 0.6 is 0 Å². The number of aliphatic imine (C=N–C) groups is 1. The third-order valence-corrected chi connectivity index (χ3v) is 4.88. The van der Waals surface area contributed by atoms with E-state index in [2.05, 4.69) is 10.3 Å². The molecule has 7 heteroatoms. The highest BCUT2D eigenvalue weighted by Gasteiger charge is 2.39. The first-order valence-electron chi connectivity index (χ1n) is 9.19. The summed E-state index contributed by atoms with van der Waals surface area (Å²) in [7, 11) is 0. The van der Waals surface area contributed by atoms with E-state index in [9.17, 15) is 14.4 Å². The molecule has 0 bridgehead atoms. The summed E-state index contributed by atoms with van der Waals surface area (Å²) in [4.78, 5) is 43.5. The molecule has 1 atom stereocenters. The number of nitrogens with zero attached hydrogens (tertiary/aromatic N) is 2. The Morgan fingerprint density at radius 3 is 2.58 bits per heavy atom. The molecule has 0 radical (unpaired) electrons. The van der Waals surface area contributed by atoms with Crippen molar-refractivity contribution in [1.29, 1.82) is 0 Å². The summed E-state index contributed by atoms with van der Waals surface area (Å²) in [5.41, 5.74) is 0.828. The monoisotopic (exact) mass is 357 g/mol. The van der Waals surface area contributed by atoms with E-state index >= 15 is 0 Å². The summed E-state index contributed by atoms with van der Waals surface area (Å²) < 4.78 is 0. The largest absolute Gasteiger partial charge is 0.333 e. The average Bonchev–Trinajstić information content (AvgIpc) is 2.66. The molecule has 0 unspecified atom stereocenters. The van der Waals surface area contributed by atoms with Gasteiger partial charge in [-0.05, 0) is 24.8 Å². The maximum atomic E-state index is 12.6. The van der Waals surface area contributed by atoms with Crippen molar-refractivity contribution < 1.29 is 19.3 Å². The number of urea groups is 1. The number of imide groups is 2. The van der Waals surface area contributed by atoms with Crippen LogP contribution in [0.3, 0.4) is 0 Å². The first kappa shape index (κ1) is 18.3. The van der Waals surface area contributed by atoms with Crippen molar-refractivity contribution in [3.8, 4) is 0 Å². The van der Waals surface area contributed by atoms with Crippen molar-refractivity contribution in [1.82, 2.24) is 10.2 Å². The van der Waals surface area contributed by atoms with Gasteiger partial charge in [0.2, 0.25) is 11.8 Å². The van der Waals surface area contributed by atoms with Crippen LogP contribution in [0.1, 0.15) is 24.8 Å². The van der Waals surface area contributed by atoms with Gasteiger partial charge >= 0.3 is 6.03 Å². The number of carbonyl (C=O) groups is 3. The van der Waals surface area contributed by atoms with E-state index in [0.717, 1.165) is 30.1 Å². The SMILES string of the molecule is O=C1NC(=O)N(Cc2ccccc2)C(=O)[C@H]1C=NCC[NH+]1CCCCC1. The highest BCUT2D eigenvalue weighted by Crippen LogP contribution is 2.13. The summed E-state index contributed by atoms with van der Waals surface area (Å²) in [5.74, 6) is -2.15. The van der Waals surface area contributed by atoms with E-state index in [0.29, 0.717) is 6.54 Å². The van der Waals surface area contributed by atoms with Crippen LogP contribution in [-0.4, -0.2) is 55.1 Å². The van der Waals surface area contributed by atoms with E-state index in [1.807, 2.05) is 30.3 Å². The fraction of sp³-hybridized carbons (Fsp3) is 0.474. The van der Waals surface area contributed by atoms with Crippen LogP contribution in [0.4, 0.5) is 4.79 Å². The molecule has 138 valence electrons. The molecular weight excluding hydrogens is 332 g/mol. The number of piperidine rings is 1. The van der Waals surface area contributed by atoms with Crippen molar-refractivity contribution in [3.05, 3.63) is 35.9 Å². The number of benzene rings is 1. The van der Waals surface area contributed by atoms with Gasteiger partial charge in [-0.2, -0.15) is 0 Å². The smallest absolute Gasteiger partial charge is 0.331 e. The molecular formula is C19H25N4O3+. The minimum absolute atomic E-state index is 0.140. The molecule has 0 aliphatic carbocycles. The lowest BCUT2D eigenvalue weighted by Gasteiger charge is -2.28. The van der Waals surface area contributed by atoms with Crippen LogP contribution in [0.15, 0.2) is 35.3 Å². The Hall–Kier alpha value is -2.54. The summed E-state index contributed by atoms with van der Waals surface area (Å²) >= 11 is 0. The average molecular weight is 357 g/mol. The number of nitrogens with one attached hydrogen (secondary N) is 2. The second-order valence-corrected chi connectivity index (χ2v) is 6.80. The Labute approximate surface area is 153 Å². The molecule has 2 heterocycles. The lowest BCUT2D eigenvalue weighted by atomic mass is 10.1. The zero-order chi connectivity index (χ0) is 18.4. The third-order valence-electron chi connectivity index (χ3n) is 4.88. The van der Waals surface area contributed by atoms with Crippen molar-refractivity contribution in [2.75, 3.05) is 26.2 Å². The molecule has 3 rings (SSSR count). The predicted octanol–water partition coefficient (Wildman–Crippen LogP) is 0.0208. The Balaban J connectivity index is 1.58. The zero-order valence-corrected chi connectivity index (χ0v) is 14.8. The third kappa shape index (κ3) is 4.54. The van der Waals surface area contributed by atoms with Crippen LogP contribution in [0.5, 0.6) is 0 Å². The van der Waals surface area contributed by atoms with Gasteiger partial charge in [-0.1, -0.05) is 30.3 Å². The van der Waals surface area contributed by atoms with E-state index in [1.54, 1.807) is 0 Å². The molecule has 0 spiro atoms. The second-order valence-electron chi connectivity index (χ2n) is 6.80. The quantitative estimate of drug-likeness (QED) is 0.556. The van der Waals surface area contributed by atoms with Gasteiger partial charge in [0.15, 0.2) is 5.92 Å². The van der Waals surface area contributed by atoms with Crippen molar-refractivity contribution in [3.63, 3.8) is 0 Å². The molecule has 0 aromatic heterocycles. The van der Waals surface area contributed by atoms with Gasteiger partial charge in [0.05, 0.1) is 32.7 Å². The fourth-order valence-corrected chi connectivity index (χ4v) is 3.38. The molecule has 7 nitrogen and oxygen atoms in total. The van der Waals surface area contributed by atoms with Crippen LogP contribution in [0.25, 0.3) is 0 Å². The van der Waals surface area contributed by atoms with Crippen LogP contribution in [0, 0.1) is 5.92 Å². The number of hydrogen-bond donors (Lipinski definition) is 2. The zero-order valence-electron chi connectivity index (χ0n) is 14.8. The van der Waals surface area contributed by atoms with Crippen LogP contribution in [-0.2, 0) is 16.1 Å². The minimum atomic E-state index is -1.03. The summed E-state index contributed by atoms with van der Waals surface area (Å²) in [6, 6.07) is 8.54. The summed E-state index contributed by atoms with van der Waals surface area (Å²) in [6.45, 7) is 3.96. The molecule has 0 saturated carbocycles. The highest BCUT2D eigenvalue weighted by molar-refractivity contribution is 6.23. The van der Waals surface area contributed by atoms with E-state index in [4.69, 9.17) is 0 Å². The Morgan fingerprint density at radius 1 is 1.12 bits per heavy atom. The number of hydrogen-bond acceptors (Lipinski definition) is 4. The fourth-order valence-electron chi connectivity index (χ4n) is 3.38. The molecule has 2 aliphatic heterocycles. The van der Waals surface area contributed by atoms with Gasteiger partial charge < -0.3 is 4.90 Å². The Morgan fingerprint density at radius 2 is 1.85 bits per heavy atom. The lowest BCUT2D eigenvalue weighted by Crippen LogP contribution is -3.13. The van der Waals surface area contributed by atoms with Crippen molar-refractivity contribution >= 4 is 24.1 Å². The van der Waals surface area contributed by atoms with Crippen LogP contribution in [0.2, 0.25) is 0 Å². The molecule has 26 heavy (non-hydrogen) atoms. The number of rotatable bonds is 6. The molecule has 1 aromatic rings. The predicted molar refractivity (Wildman–Crippen MR) is 96.8 cm³/mol. The van der Waals surface area contributed by atoms with Crippen molar-refractivity contribution in [2.24, 2.45) is 10.9 Å². The number of barbiturate groups is 1. The maximum absolute atomic E-state index is 12.6. The number of likely N-dealkylation sites (tertiary alicyclic amines) is 1. The normalized spacial score (nSPS) is 22.1. The first-order chi connectivity index (χ1) is 12.6. The Bertz CT molecular complexity index is 683. The van der Waals surface area contributed by atoms with Gasteiger partial charge in [0, 0.05) is 6.21 Å². The van der Waals surface area contributed by atoms with Gasteiger partial charge in [-0.15, -0.1) is 0 Å². The summed E-state index contributed by atoms with van der Waals surface area (Å²) in [6.07, 6.45) is 5.19. The first-order valence-corrected chi connectivity index (χ1v) is 9.19. The maximum Gasteiger partial charge on any atom is 0.331 e. The highest BCUT2D eigenvalue weighted by atomic mass is 16.2. The van der Waals surface area contributed by atoms with E-state index in [1.165, 1.54) is 30.4 Å². The van der Waals surface area contributed by atoms with Gasteiger partial charge in [0.25, 0.3) is 0 Å². The molecule has 2 aliphatic rings. The van der Waals surface area contributed by atoms with Gasteiger partial charge in [-0.3, -0.25) is 24.8 Å². The van der Waals surface area contributed by atoms with Gasteiger partial charge in [-0.25, -0.2) is 4.79 Å². The minimum Gasteiger partial charge on any atom is -0.333 e. The molecule has 2 saturated heterocycles. The number of amides is 4. The van der Waals surface area contributed by atoms with E-state index in [-0.39, 0.29) is 6.54 Å². The lowest BCUT2D eigenvalue weighted by molar-refractivity contribution is -0.903.